The molecule has 1 aliphatic heterocycles. The summed E-state index contributed by atoms with van der Waals surface area (Å²) < 4.78 is 57.5. The summed E-state index contributed by atoms with van der Waals surface area (Å²) >= 11 is 0. The Balaban J connectivity index is 0.000000362. The molecule has 19 heavy (non-hydrogen) atoms. The monoisotopic (exact) mass is 305 g/mol. The maximum atomic E-state index is 10.7. The van der Waals surface area contributed by atoms with Gasteiger partial charge in [0.05, 0.1) is 0 Å². The molecule has 1 saturated heterocycles. The van der Waals surface area contributed by atoms with E-state index in [9.17, 15) is 13.2 Å². The molecule has 0 aromatic rings. The Morgan fingerprint density at radius 3 is 2.21 bits per heavy atom. The second-order valence-corrected chi connectivity index (χ2v) is 5.90. The molecule has 1 unspecified atom stereocenters. The molecule has 0 bridgehead atoms. The molecule has 1 heterocycles. The zero-order valence-electron chi connectivity index (χ0n) is 11.3. The number of nitrogens with zero attached hydrogens (tertiary/aromatic N) is 1. The van der Waals surface area contributed by atoms with Gasteiger partial charge in [-0.2, -0.15) is 21.6 Å². The lowest BCUT2D eigenvalue weighted by Crippen LogP contribution is -2.28. The van der Waals surface area contributed by atoms with Crippen LogP contribution in [0.4, 0.5) is 13.2 Å². The minimum Gasteiger partial charge on any atom is -0.301 e. The molecule has 1 rings (SSSR count). The van der Waals surface area contributed by atoms with Crippen LogP contribution >= 0.6 is 0 Å². The van der Waals surface area contributed by atoms with Crippen molar-refractivity contribution in [1.82, 2.24) is 4.90 Å². The number of unbranched alkanes of at least 4 members (excludes halogenated alkanes) is 1. The van der Waals surface area contributed by atoms with E-state index in [2.05, 4.69) is 18.7 Å². The fourth-order valence-corrected chi connectivity index (χ4v) is 2.08. The largest absolute Gasteiger partial charge is 0.522 e. The first-order chi connectivity index (χ1) is 8.63. The van der Waals surface area contributed by atoms with Crippen LogP contribution < -0.4 is 0 Å². The number of hydrogen-bond acceptors (Lipinski definition) is 3. The molecule has 0 saturated carbocycles. The van der Waals surface area contributed by atoms with Gasteiger partial charge in [0.25, 0.3) is 0 Å². The van der Waals surface area contributed by atoms with Crippen molar-refractivity contribution in [1.29, 1.82) is 0 Å². The first-order valence-electron chi connectivity index (χ1n) is 6.41. The first kappa shape index (κ1) is 18.7. The summed E-state index contributed by atoms with van der Waals surface area (Å²) in [6.07, 6.45) is 7.09. The molecule has 4 nitrogen and oxygen atoms in total. The molecule has 0 aliphatic carbocycles. The van der Waals surface area contributed by atoms with Crippen LogP contribution in [-0.2, 0) is 10.1 Å². The number of halogens is 3. The van der Waals surface area contributed by atoms with E-state index in [-0.39, 0.29) is 0 Å². The minimum absolute atomic E-state index is 0.931. The van der Waals surface area contributed by atoms with Crippen molar-refractivity contribution in [2.45, 2.75) is 57.5 Å². The Bertz CT molecular complexity index is 344. The molecule has 1 aliphatic rings. The predicted octanol–water partition coefficient (Wildman–Crippen LogP) is 3.05. The topological polar surface area (TPSA) is 57.6 Å². The van der Waals surface area contributed by atoms with E-state index in [1.165, 1.54) is 45.2 Å². The van der Waals surface area contributed by atoms with E-state index in [1.807, 2.05) is 0 Å². The van der Waals surface area contributed by atoms with E-state index in [1.54, 1.807) is 0 Å². The number of hydrogen-bond donors (Lipinski definition) is 1. The van der Waals surface area contributed by atoms with Gasteiger partial charge in [-0.3, -0.25) is 4.55 Å². The highest BCUT2D eigenvalue weighted by Gasteiger charge is 2.44. The van der Waals surface area contributed by atoms with Crippen molar-refractivity contribution in [2.75, 3.05) is 13.1 Å². The van der Waals surface area contributed by atoms with Crippen LogP contribution in [0.3, 0.4) is 0 Å². The zero-order valence-corrected chi connectivity index (χ0v) is 12.1. The van der Waals surface area contributed by atoms with Gasteiger partial charge in [0.15, 0.2) is 0 Å². The van der Waals surface area contributed by atoms with Crippen LogP contribution in [0, 0.1) is 0 Å². The van der Waals surface area contributed by atoms with Gasteiger partial charge in [0.1, 0.15) is 0 Å². The number of rotatable bonds is 4. The van der Waals surface area contributed by atoms with E-state index in [4.69, 9.17) is 13.0 Å². The van der Waals surface area contributed by atoms with Crippen LogP contribution in [0.1, 0.15) is 46.0 Å². The Hall–Kier alpha value is -0.340. The van der Waals surface area contributed by atoms with Crippen molar-refractivity contribution in [3.63, 3.8) is 0 Å². The fourth-order valence-electron chi connectivity index (χ4n) is 2.08. The normalized spacial score (nSPS) is 21.1. The van der Waals surface area contributed by atoms with Gasteiger partial charge in [-0.05, 0) is 32.4 Å². The average Bonchev–Trinajstić information content (AvgIpc) is 2.71. The van der Waals surface area contributed by atoms with Crippen LogP contribution in [0.2, 0.25) is 0 Å². The van der Waals surface area contributed by atoms with Crippen molar-refractivity contribution in [3.8, 4) is 0 Å². The lowest BCUT2D eigenvalue weighted by molar-refractivity contribution is -0.0510. The van der Waals surface area contributed by atoms with Gasteiger partial charge in [0.2, 0.25) is 0 Å². The predicted molar refractivity (Wildman–Crippen MR) is 67.4 cm³/mol. The van der Waals surface area contributed by atoms with Crippen molar-refractivity contribution >= 4 is 10.1 Å². The van der Waals surface area contributed by atoms with Crippen LogP contribution in [0.25, 0.3) is 0 Å². The van der Waals surface area contributed by atoms with Gasteiger partial charge in [-0.25, -0.2) is 0 Å². The zero-order chi connectivity index (χ0) is 15.1. The third-order valence-electron chi connectivity index (χ3n) is 3.09. The van der Waals surface area contributed by atoms with Crippen LogP contribution in [0.15, 0.2) is 0 Å². The average molecular weight is 305 g/mol. The number of alkyl halides is 3. The third-order valence-corrected chi connectivity index (χ3v) is 3.67. The van der Waals surface area contributed by atoms with Gasteiger partial charge >= 0.3 is 15.6 Å². The highest BCUT2D eigenvalue weighted by atomic mass is 32.2. The first-order valence-corrected chi connectivity index (χ1v) is 7.85. The van der Waals surface area contributed by atoms with E-state index in [0.29, 0.717) is 0 Å². The standard InChI is InChI=1S/C10H21N.CHF3O3S/c1-3-5-7-10-8-6-9-11(10)4-2;2-1(3,4)8(5,6)7/h10H,3-9H2,1-2H3;(H,5,6,7). The summed E-state index contributed by atoms with van der Waals surface area (Å²) in [5.74, 6) is 0. The third kappa shape index (κ3) is 7.12. The van der Waals surface area contributed by atoms with Crippen molar-refractivity contribution in [2.24, 2.45) is 0 Å². The molecule has 0 amide bonds. The molecule has 0 aromatic heterocycles. The van der Waals surface area contributed by atoms with Gasteiger partial charge < -0.3 is 4.90 Å². The molecule has 1 atom stereocenters. The highest BCUT2D eigenvalue weighted by Crippen LogP contribution is 2.21. The molecule has 1 fully saturated rings. The summed E-state index contributed by atoms with van der Waals surface area (Å²) in [7, 11) is -5.84. The molecule has 8 heteroatoms. The minimum atomic E-state index is -5.84. The van der Waals surface area contributed by atoms with Crippen molar-refractivity contribution < 1.29 is 26.1 Å². The van der Waals surface area contributed by atoms with Crippen molar-refractivity contribution in [3.05, 3.63) is 0 Å². The molecular weight excluding hydrogens is 283 g/mol. The van der Waals surface area contributed by atoms with E-state index < -0.39 is 15.6 Å². The maximum Gasteiger partial charge on any atom is 0.522 e. The summed E-state index contributed by atoms with van der Waals surface area (Å²) in [5, 5.41) is 0. The molecule has 0 aromatic carbocycles. The molecule has 116 valence electrons. The van der Waals surface area contributed by atoms with Gasteiger partial charge in [-0.15, -0.1) is 0 Å². The van der Waals surface area contributed by atoms with E-state index in [0.717, 1.165) is 6.04 Å². The SMILES string of the molecule is CCCCC1CCCN1CC.O=S(=O)(O)C(F)(F)F. The molecule has 1 N–H and O–H groups in total. The summed E-state index contributed by atoms with van der Waals surface area (Å²) in [6.45, 7) is 7.18. The van der Waals surface area contributed by atoms with Gasteiger partial charge in [0, 0.05) is 6.04 Å². The lowest BCUT2D eigenvalue weighted by atomic mass is 10.1. The fraction of sp³-hybridized carbons (Fsp3) is 1.00. The summed E-state index contributed by atoms with van der Waals surface area (Å²) in [4.78, 5) is 2.63. The Morgan fingerprint density at radius 2 is 1.84 bits per heavy atom. The summed E-state index contributed by atoms with van der Waals surface area (Å²) in [5.41, 5.74) is -5.53. The quantitative estimate of drug-likeness (QED) is 0.640. The maximum absolute atomic E-state index is 10.7. The highest BCUT2D eigenvalue weighted by molar-refractivity contribution is 7.86. The molecule has 0 spiro atoms. The van der Waals surface area contributed by atoms with Gasteiger partial charge in [-0.1, -0.05) is 26.7 Å². The Kier molecular flexibility index (Phi) is 7.92. The lowest BCUT2D eigenvalue weighted by Gasteiger charge is -2.22. The van der Waals surface area contributed by atoms with E-state index >= 15 is 0 Å². The Labute approximate surface area is 112 Å². The smallest absolute Gasteiger partial charge is 0.301 e. The summed E-state index contributed by atoms with van der Waals surface area (Å²) in [6, 6.07) is 0.931. The van der Waals surface area contributed by atoms with Crippen LogP contribution in [0.5, 0.6) is 0 Å². The second kappa shape index (κ2) is 8.06. The molecule has 0 radical (unpaired) electrons. The second-order valence-electron chi connectivity index (χ2n) is 4.49. The Morgan fingerprint density at radius 1 is 1.32 bits per heavy atom. The number of likely N-dealkylation sites (tertiary alicyclic amines) is 1. The molecular formula is C11H22F3NO3S. The van der Waals surface area contributed by atoms with Crippen LogP contribution in [-0.4, -0.2) is 42.5 Å².